The van der Waals surface area contributed by atoms with Gasteiger partial charge < -0.3 is 10.5 Å². The molecule has 0 aliphatic heterocycles. The molecule has 1 aliphatic rings. The van der Waals surface area contributed by atoms with Crippen LogP contribution in [0.1, 0.15) is 31.5 Å². The van der Waals surface area contributed by atoms with Crippen LogP contribution < -0.4 is 10.5 Å². The summed E-state index contributed by atoms with van der Waals surface area (Å²) >= 11 is 0. The third-order valence-corrected chi connectivity index (χ3v) is 3.64. The first-order chi connectivity index (χ1) is 9.85. The van der Waals surface area contributed by atoms with Crippen LogP contribution >= 0.6 is 0 Å². The summed E-state index contributed by atoms with van der Waals surface area (Å²) in [4.78, 5) is 8.53. The summed E-state index contributed by atoms with van der Waals surface area (Å²) in [7, 11) is 0. The van der Waals surface area contributed by atoms with E-state index in [0.29, 0.717) is 18.5 Å². The molecule has 2 N–H and O–H groups in total. The van der Waals surface area contributed by atoms with Crippen LogP contribution in [-0.2, 0) is 6.54 Å². The highest BCUT2D eigenvalue weighted by molar-refractivity contribution is 5.59. The zero-order chi connectivity index (χ0) is 13.8. The Hall–Kier alpha value is -1.94. The summed E-state index contributed by atoms with van der Waals surface area (Å²) in [5.74, 6) is 1.60. The van der Waals surface area contributed by atoms with Crippen molar-refractivity contribution in [2.45, 2.75) is 38.3 Å². The van der Waals surface area contributed by atoms with Crippen molar-refractivity contribution in [2.75, 3.05) is 0 Å². The van der Waals surface area contributed by atoms with E-state index >= 15 is 0 Å². The van der Waals surface area contributed by atoms with E-state index < -0.39 is 0 Å². The van der Waals surface area contributed by atoms with Crippen LogP contribution in [0.4, 0.5) is 0 Å². The lowest BCUT2D eigenvalue weighted by Crippen LogP contribution is -2.10. The average molecular weight is 269 g/mol. The van der Waals surface area contributed by atoms with Crippen LogP contribution in [0.25, 0.3) is 11.3 Å². The second-order valence-electron chi connectivity index (χ2n) is 5.11. The third-order valence-electron chi connectivity index (χ3n) is 3.64. The number of ether oxygens (including phenoxy) is 1. The molecule has 1 fully saturated rings. The lowest BCUT2D eigenvalue weighted by molar-refractivity contribution is 0.210. The van der Waals surface area contributed by atoms with Gasteiger partial charge in [-0.25, -0.2) is 9.97 Å². The molecule has 1 aromatic carbocycles. The molecule has 1 saturated carbocycles. The van der Waals surface area contributed by atoms with E-state index in [-0.39, 0.29) is 0 Å². The maximum absolute atomic E-state index is 5.96. The van der Waals surface area contributed by atoms with Gasteiger partial charge in [0, 0.05) is 11.8 Å². The average Bonchev–Trinajstić information content (AvgIpc) is 3.01. The van der Waals surface area contributed by atoms with Gasteiger partial charge in [-0.05, 0) is 56.0 Å². The van der Waals surface area contributed by atoms with Crippen molar-refractivity contribution in [3.63, 3.8) is 0 Å². The maximum atomic E-state index is 5.96. The fourth-order valence-electron chi connectivity index (χ4n) is 2.56. The minimum atomic E-state index is 0.358. The molecule has 2 aromatic rings. The molecule has 0 amide bonds. The summed E-state index contributed by atoms with van der Waals surface area (Å²) in [6.45, 7) is 0.358. The van der Waals surface area contributed by atoms with E-state index in [4.69, 9.17) is 10.5 Å². The van der Waals surface area contributed by atoms with E-state index in [0.717, 1.165) is 17.0 Å². The first kappa shape index (κ1) is 13.1. The van der Waals surface area contributed by atoms with Gasteiger partial charge in [0.15, 0.2) is 0 Å². The van der Waals surface area contributed by atoms with Crippen molar-refractivity contribution in [1.82, 2.24) is 9.97 Å². The van der Waals surface area contributed by atoms with Gasteiger partial charge in [0.2, 0.25) is 0 Å². The van der Waals surface area contributed by atoms with Crippen molar-refractivity contribution in [3.8, 4) is 17.0 Å². The SMILES string of the molecule is NCc1nccc(-c2ccc(OC3CCCC3)cc2)n1. The number of hydrogen-bond acceptors (Lipinski definition) is 4. The molecule has 4 heteroatoms. The fourth-order valence-corrected chi connectivity index (χ4v) is 2.56. The number of hydrogen-bond donors (Lipinski definition) is 1. The summed E-state index contributed by atoms with van der Waals surface area (Å²) in [5, 5.41) is 0. The molecular weight excluding hydrogens is 250 g/mol. The summed E-state index contributed by atoms with van der Waals surface area (Å²) in [6.07, 6.45) is 7.05. The van der Waals surface area contributed by atoms with Gasteiger partial charge in [0.1, 0.15) is 11.6 Å². The zero-order valence-electron chi connectivity index (χ0n) is 11.5. The molecule has 0 atom stereocenters. The van der Waals surface area contributed by atoms with Crippen molar-refractivity contribution >= 4 is 0 Å². The molecule has 1 aliphatic carbocycles. The zero-order valence-corrected chi connectivity index (χ0v) is 11.5. The molecule has 0 spiro atoms. The van der Waals surface area contributed by atoms with E-state index in [1.165, 1.54) is 25.7 Å². The predicted molar refractivity (Wildman–Crippen MR) is 78.2 cm³/mol. The summed E-state index contributed by atoms with van der Waals surface area (Å²) in [5.41, 5.74) is 7.52. The highest BCUT2D eigenvalue weighted by atomic mass is 16.5. The Morgan fingerprint density at radius 1 is 1.10 bits per heavy atom. The minimum Gasteiger partial charge on any atom is -0.490 e. The first-order valence-corrected chi connectivity index (χ1v) is 7.14. The van der Waals surface area contributed by atoms with Crippen LogP contribution in [0.2, 0.25) is 0 Å². The van der Waals surface area contributed by atoms with E-state index in [1.54, 1.807) is 6.20 Å². The Kier molecular flexibility index (Phi) is 3.92. The van der Waals surface area contributed by atoms with Crippen molar-refractivity contribution in [1.29, 1.82) is 0 Å². The second kappa shape index (κ2) is 6.01. The first-order valence-electron chi connectivity index (χ1n) is 7.14. The van der Waals surface area contributed by atoms with Crippen molar-refractivity contribution in [2.24, 2.45) is 5.73 Å². The summed E-state index contributed by atoms with van der Waals surface area (Å²) < 4.78 is 5.96. The van der Waals surface area contributed by atoms with Crippen molar-refractivity contribution in [3.05, 3.63) is 42.4 Å². The standard InChI is InChI=1S/C16H19N3O/c17-11-16-18-10-9-15(19-16)12-5-7-14(8-6-12)20-13-3-1-2-4-13/h5-10,13H,1-4,11,17H2. The molecule has 1 aromatic heterocycles. The lowest BCUT2D eigenvalue weighted by atomic mass is 10.1. The van der Waals surface area contributed by atoms with E-state index in [2.05, 4.69) is 9.97 Å². The molecule has 1 heterocycles. The van der Waals surface area contributed by atoms with Gasteiger partial charge in [-0.3, -0.25) is 0 Å². The normalized spacial score (nSPS) is 15.4. The van der Waals surface area contributed by atoms with E-state index in [9.17, 15) is 0 Å². The van der Waals surface area contributed by atoms with Gasteiger partial charge in [-0.2, -0.15) is 0 Å². The largest absolute Gasteiger partial charge is 0.490 e. The molecule has 0 bridgehead atoms. The Bertz CT molecular complexity index is 562. The van der Waals surface area contributed by atoms with Gasteiger partial charge in [0.05, 0.1) is 18.3 Å². The highest BCUT2D eigenvalue weighted by Gasteiger charge is 2.16. The number of aromatic nitrogens is 2. The molecule has 0 unspecified atom stereocenters. The molecule has 0 saturated heterocycles. The summed E-state index contributed by atoms with van der Waals surface area (Å²) in [6, 6.07) is 9.99. The third kappa shape index (κ3) is 2.96. The molecule has 4 nitrogen and oxygen atoms in total. The van der Waals surface area contributed by atoms with Crippen LogP contribution in [0.3, 0.4) is 0 Å². The van der Waals surface area contributed by atoms with Crippen molar-refractivity contribution < 1.29 is 4.74 Å². The van der Waals surface area contributed by atoms with Gasteiger partial charge in [-0.1, -0.05) is 0 Å². The fraction of sp³-hybridized carbons (Fsp3) is 0.375. The van der Waals surface area contributed by atoms with Crippen LogP contribution in [0, 0.1) is 0 Å². The topological polar surface area (TPSA) is 61.0 Å². The second-order valence-corrected chi connectivity index (χ2v) is 5.11. The number of nitrogens with zero attached hydrogens (tertiary/aromatic N) is 2. The minimum absolute atomic E-state index is 0.358. The Morgan fingerprint density at radius 2 is 1.85 bits per heavy atom. The Balaban J connectivity index is 1.74. The molecule has 104 valence electrons. The van der Waals surface area contributed by atoms with Gasteiger partial charge >= 0.3 is 0 Å². The highest BCUT2D eigenvalue weighted by Crippen LogP contribution is 2.26. The Morgan fingerprint density at radius 3 is 2.55 bits per heavy atom. The van der Waals surface area contributed by atoms with E-state index in [1.807, 2.05) is 30.3 Å². The van der Waals surface area contributed by atoms with Crippen LogP contribution in [-0.4, -0.2) is 16.1 Å². The molecular formula is C16H19N3O. The van der Waals surface area contributed by atoms with Crippen LogP contribution in [0.15, 0.2) is 36.5 Å². The Labute approximate surface area is 119 Å². The number of benzene rings is 1. The quantitative estimate of drug-likeness (QED) is 0.927. The predicted octanol–water partition coefficient (Wildman–Crippen LogP) is 2.92. The van der Waals surface area contributed by atoms with Gasteiger partial charge in [-0.15, -0.1) is 0 Å². The molecule has 0 radical (unpaired) electrons. The van der Waals surface area contributed by atoms with Gasteiger partial charge in [0.25, 0.3) is 0 Å². The number of rotatable bonds is 4. The number of nitrogens with two attached hydrogens (primary N) is 1. The maximum Gasteiger partial charge on any atom is 0.142 e. The monoisotopic (exact) mass is 269 g/mol. The molecule has 3 rings (SSSR count). The molecule has 20 heavy (non-hydrogen) atoms. The van der Waals surface area contributed by atoms with Crippen LogP contribution in [0.5, 0.6) is 5.75 Å². The lowest BCUT2D eigenvalue weighted by Gasteiger charge is -2.13. The smallest absolute Gasteiger partial charge is 0.142 e.